The summed E-state index contributed by atoms with van der Waals surface area (Å²) in [5, 5.41) is 12.8. The maximum atomic E-state index is 11.7. The molecule has 0 amide bonds. The predicted octanol–water partition coefficient (Wildman–Crippen LogP) is 1.64. The fourth-order valence-electron chi connectivity index (χ4n) is 3.02. The van der Waals surface area contributed by atoms with Crippen LogP contribution in [0.5, 0.6) is 0 Å². The average molecular weight is 299 g/mol. The van der Waals surface area contributed by atoms with Crippen LogP contribution in [0.3, 0.4) is 0 Å². The Morgan fingerprint density at radius 1 is 1.24 bits per heavy atom. The van der Waals surface area contributed by atoms with E-state index in [1.165, 1.54) is 13.0 Å². The molecule has 1 fully saturated rings. The molecule has 5 nitrogen and oxygen atoms in total. The molecule has 1 unspecified atom stereocenters. The van der Waals surface area contributed by atoms with Crippen LogP contribution in [0, 0.1) is 0 Å². The van der Waals surface area contributed by atoms with Crippen molar-refractivity contribution >= 4 is 5.97 Å². The number of carboxylic acid groups (broad SMARTS) is 1. The molecule has 0 aromatic heterocycles. The zero-order valence-corrected chi connectivity index (χ0v) is 14.0. The first-order valence-corrected chi connectivity index (χ1v) is 8.43. The lowest BCUT2D eigenvalue weighted by atomic mass is 9.90. The Morgan fingerprint density at radius 2 is 2.00 bits per heavy atom. The molecule has 0 aromatic carbocycles. The number of nitrogens with one attached hydrogen (secondary N) is 1. The van der Waals surface area contributed by atoms with Gasteiger partial charge in [-0.3, -0.25) is 4.79 Å². The van der Waals surface area contributed by atoms with Crippen LogP contribution in [0.2, 0.25) is 0 Å². The van der Waals surface area contributed by atoms with Crippen molar-refractivity contribution in [1.29, 1.82) is 0 Å². The summed E-state index contributed by atoms with van der Waals surface area (Å²) < 4.78 is 0. The fraction of sp³-hybridized carbons (Fsp3) is 0.938. The summed E-state index contributed by atoms with van der Waals surface area (Å²) in [7, 11) is 2.17. The maximum Gasteiger partial charge on any atom is 0.323 e. The number of nitrogens with zero attached hydrogens (tertiary/aromatic N) is 2. The Labute approximate surface area is 129 Å². The third-order valence-corrected chi connectivity index (χ3v) is 4.62. The molecular weight excluding hydrogens is 266 g/mol. The molecule has 0 saturated carbocycles. The molecule has 1 atom stereocenters. The van der Waals surface area contributed by atoms with Crippen molar-refractivity contribution in [3.05, 3.63) is 0 Å². The maximum absolute atomic E-state index is 11.7. The number of aliphatic carboxylic acids is 1. The van der Waals surface area contributed by atoms with Crippen molar-refractivity contribution in [1.82, 2.24) is 15.1 Å². The van der Waals surface area contributed by atoms with Crippen molar-refractivity contribution in [2.75, 3.05) is 46.3 Å². The van der Waals surface area contributed by atoms with Gasteiger partial charge in [0.1, 0.15) is 5.54 Å². The summed E-state index contributed by atoms with van der Waals surface area (Å²) >= 11 is 0. The van der Waals surface area contributed by atoms with E-state index in [0.29, 0.717) is 12.8 Å². The minimum atomic E-state index is -0.737. The van der Waals surface area contributed by atoms with E-state index >= 15 is 0 Å². The van der Waals surface area contributed by atoms with Crippen molar-refractivity contribution < 1.29 is 9.90 Å². The third-order valence-electron chi connectivity index (χ3n) is 4.62. The van der Waals surface area contributed by atoms with E-state index in [1.807, 2.05) is 6.92 Å². The smallest absolute Gasteiger partial charge is 0.323 e. The van der Waals surface area contributed by atoms with Gasteiger partial charge in [-0.25, -0.2) is 0 Å². The molecule has 0 spiro atoms. The first-order valence-electron chi connectivity index (χ1n) is 8.43. The van der Waals surface area contributed by atoms with Crippen molar-refractivity contribution in [3.8, 4) is 0 Å². The number of carbonyl (C=O) groups is 1. The SMILES string of the molecule is CCCNC(CC)(CCCN1CCCN(C)CC1)C(=O)O. The lowest BCUT2D eigenvalue weighted by molar-refractivity contribution is -0.145. The monoisotopic (exact) mass is 299 g/mol. The van der Waals surface area contributed by atoms with Gasteiger partial charge in [-0.15, -0.1) is 0 Å². The van der Waals surface area contributed by atoms with Gasteiger partial charge in [-0.1, -0.05) is 13.8 Å². The molecule has 1 aliphatic rings. The summed E-state index contributed by atoms with van der Waals surface area (Å²) in [6.07, 6.45) is 4.48. The highest BCUT2D eigenvalue weighted by Crippen LogP contribution is 2.19. The Bertz CT molecular complexity index is 312. The number of likely N-dealkylation sites (N-methyl/N-ethyl adjacent to an activating group) is 1. The van der Waals surface area contributed by atoms with Crippen LogP contribution in [-0.2, 0) is 4.79 Å². The summed E-state index contributed by atoms with van der Waals surface area (Å²) in [5.74, 6) is -0.700. The van der Waals surface area contributed by atoms with Crippen LogP contribution in [0.1, 0.15) is 46.0 Å². The van der Waals surface area contributed by atoms with E-state index in [4.69, 9.17) is 0 Å². The standard InChI is InChI=1S/C16H33N3O2/c1-4-9-17-16(5-2,15(20)21)8-6-11-19-12-7-10-18(3)13-14-19/h17H,4-14H2,1-3H3,(H,20,21). The molecule has 0 aromatic rings. The van der Waals surface area contributed by atoms with Gasteiger partial charge < -0.3 is 20.2 Å². The molecule has 0 radical (unpaired) electrons. The summed E-state index contributed by atoms with van der Waals surface area (Å²) in [4.78, 5) is 16.5. The molecule has 124 valence electrons. The number of carboxylic acids is 1. The van der Waals surface area contributed by atoms with Crippen LogP contribution in [-0.4, -0.2) is 72.7 Å². The average Bonchev–Trinajstić information content (AvgIpc) is 2.67. The van der Waals surface area contributed by atoms with Gasteiger partial charge in [0.05, 0.1) is 0 Å². The Balaban J connectivity index is 2.43. The first kappa shape index (κ1) is 18.4. The quantitative estimate of drug-likeness (QED) is 0.678. The first-order chi connectivity index (χ1) is 10.0. The Hall–Kier alpha value is -0.650. The Kier molecular flexibility index (Phi) is 8.22. The van der Waals surface area contributed by atoms with Gasteiger partial charge >= 0.3 is 5.97 Å². The molecule has 2 N–H and O–H groups in total. The van der Waals surface area contributed by atoms with Gasteiger partial charge in [0.25, 0.3) is 0 Å². The third kappa shape index (κ3) is 5.93. The van der Waals surface area contributed by atoms with Crippen LogP contribution in [0.4, 0.5) is 0 Å². The van der Waals surface area contributed by atoms with E-state index < -0.39 is 11.5 Å². The van der Waals surface area contributed by atoms with Crippen molar-refractivity contribution in [2.45, 2.75) is 51.5 Å². The van der Waals surface area contributed by atoms with E-state index in [9.17, 15) is 9.90 Å². The zero-order valence-electron chi connectivity index (χ0n) is 14.0. The van der Waals surface area contributed by atoms with Crippen LogP contribution in [0.15, 0.2) is 0 Å². The predicted molar refractivity (Wildman–Crippen MR) is 86.7 cm³/mol. The molecular formula is C16H33N3O2. The molecule has 1 aliphatic heterocycles. The zero-order chi connectivity index (χ0) is 15.7. The van der Waals surface area contributed by atoms with E-state index in [1.54, 1.807) is 0 Å². The summed E-state index contributed by atoms with van der Waals surface area (Å²) in [5.41, 5.74) is -0.737. The lowest BCUT2D eigenvalue weighted by Gasteiger charge is -2.30. The highest BCUT2D eigenvalue weighted by Gasteiger charge is 2.35. The second-order valence-corrected chi connectivity index (χ2v) is 6.27. The molecule has 1 heterocycles. The van der Waals surface area contributed by atoms with Crippen molar-refractivity contribution in [3.63, 3.8) is 0 Å². The second-order valence-electron chi connectivity index (χ2n) is 6.27. The minimum Gasteiger partial charge on any atom is -0.480 e. The van der Waals surface area contributed by atoms with Gasteiger partial charge in [0.15, 0.2) is 0 Å². The van der Waals surface area contributed by atoms with E-state index in [-0.39, 0.29) is 0 Å². The summed E-state index contributed by atoms with van der Waals surface area (Å²) in [6.45, 7) is 10.4. The topological polar surface area (TPSA) is 55.8 Å². The minimum absolute atomic E-state index is 0.644. The van der Waals surface area contributed by atoms with Gasteiger partial charge in [-0.2, -0.15) is 0 Å². The van der Waals surface area contributed by atoms with Gasteiger partial charge in [-0.05, 0) is 65.3 Å². The lowest BCUT2D eigenvalue weighted by Crippen LogP contribution is -2.52. The van der Waals surface area contributed by atoms with Crippen molar-refractivity contribution in [2.24, 2.45) is 0 Å². The molecule has 21 heavy (non-hydrogen) atoms. The Morgan fingerprint density at radius 3 is 2.62 bits per heavy atom. The van der Waals surface area contributed by atoms with Crippen LogP contribution in [0.25, 0.3) is 0 Å². The number of hydrogen-bond donors (Lipinski definition) is 2. The molecule has 5 heteroatoms. The number of rotatable bonds is 9. The number of hydrogen-bond acceptors (Lipinski definition) is 4. The fourth-order valence-corrected chi connectivity index (χ4v) is 3.02. The molecule has 1 saturated heterocycles. The normalized spacial score (nSPS) is 20.9. The highest BCUT2D eigenvalue weighted by atomic mass is 16.4. The molecule has 0 aliphatic carbocycles. The van der Waals surface area contributed by atoms with Gasteiger partial charge in [0.2, 0.25) is 0 Å². The van der Waals surface area contributed by atoms with Crippen LogP contribution >= 0.6 is 0 Å². The largest absolute Gasteiger partial charge is 0.480 e. The van der Waals surface area contributed by atoms with Crippen LogP contribution < -0.4 is 5.32 Å². The highest BCUT2D eigenvalue weighted by molar-refractivity contribution is 5.78. The van der Waals surface area contributed by atoms with E-state index in [2.05, 4.69) is 29.1 Å². The molecule has 0 bridgehead atoms. The van der Waals surface area contributed by atoms with Gasteiger partial charge in [0, 0.05) is 13.1 Å². The second kappa shape index (κ2) is 9.38. The van der Waals surface area contributed by atoms with E-state index in [0.717, 1.165) is 45.6 Å². The summed E-state index contributed by atoms with van der Waals surface area (Å²) in [6, 6.07) is 0. The molecule has 1 rings (SSSR count).